The fourth-order valence-corrected chi connectivity index (χ4v) is 6.11. The van der Waals surface area contributed by atoms with Crippen LogP contribution < -0.4 is 0 Å². The SMILES string of the molecule is C=CC1=C(C)c2cc3[nH]c(cc4nc(cc5c(C=C)c(C)c(cc1n2)n5C)C(C)=C4CCC(=O)O)c(CCC(=O)O)c3C. The molecule has 0 atom stereocenters. The van der Waals surface area contributed by atoms with E-state index in [9.17, 15) is 19.8 Å². The van der Waals surface area contributed by atoms with Crippen molar-refractivity contribution in [2.24, 2.45) is 7.05 Å². The molecule has 0 aliphatic carbocycles. The Hall–Kier alpha value is -4.98. The summed E-state index contributed by atoms with van der Waals surface area (Å²) < 4.78 is 2.11. The van der Waals surface area contributed by atoms with E-state index in [0.29, 0.717) is 18.5 Å². The molecule has 43 heavy (non-hydrogen) atoms. The molecule has 3 aromatic rings. The molecule has 8 nitrogen and oxygen atoms in total. The molecule has 0 unspecified atom stereocenters. The summed E-state index contributed by atoms with van der Waals surface area (Å²) in [5.74, 6) is -1.76. The Bertz CT molecular complexity index is 1970. The molecule has 5 rings (SSSR count). The molecule has 0 saturated heterocycles. The van der Waals surface area contributed by atoms with Gasteiger partial charge in [-0.1, -0.05) is 25.3 Å². The minimum atomic E-state index is -0.881. The van der Waals surface area contributed by atoms with Crippen molar-refractivity contribution in [3.05, 3.63) is 88.5 Å². The molecule has 8 heteroatoms. The number of aliphatic carboxylic acids is 2. The number of nitrogens with zero attached hydrogens (tertiary/aromatic N) is 3. The number of fused-ring (bicyclic) bond motifs is 8. The lowest BCUT2D eigenvalue weighted by Crippen LogP contribution is -1.98. The number of carboxylic acids is 2. The van der Waals surface area contributed by atoms with Gasteiger partial charge in [-0.2, -0.15) is 0 Å². The number of carbonyl (C=O) groups is 2. The number of nitrogens with one attached hydrogen (secondary N) is 1. The lowest BCUT2D eigenvalue weighted by molar-refractivity contribution is -0.137. The van der Waals surface area contributed by atoms with Crippen LogP contribution in [-0.4, -0.2) is 41.7 Å². The molecule has 8 bridgehead atoms. The van der Waals surface area contributed by atoms with E-state index in [-0.39, 0.29) is 12.8 Å². The normalized spacial score (nSPS) is 13.0. The summed E-state index contributed by atoms with van der Waals surface area (Å²) in [7, 11) is 2.01. The Balaban J connectivity index is 1.98. The maximum absolute atomic E-state index is 11.6. The van der Waals surface area contributed by atoms with Crippen molar-refractivity contribution in [3.63, 3.8) is 0 Å². The Morgan fingerprint density at radius 3 is 2.05 bits per heavy atom. The van der Waals surface area contributed by atoms with Crippen molar-refractivity contribution in [3.8, 4) is 0 Å². The third kappa shape index (κ3) is 5.25. The van der Waals surface area contributed by atoms with Crippen molar-refractivity contribution in [1.29, 1.82) is 0 Å². The van der Waals surface area contributed by atoms with Gasteiger partial charge in [-0.25, -0.2) is 9.97 Å². The first-order valence-electron chi connectivity index (χ1n) is 14.3. The maximum atomic E-state index is 11.6. The zero-order valence-corrected chi connectivity index (χ0v) is 25.3. The van der Waals surface area contributed by atoms with Crippen LogP contribution in [0.25, 0.3) is 50.4 Å². The molecule has 0 amide bonds. The molecule has 0 fully saturated rings. The predicted octanol–water partition coefficient (Wildman–Crippen LogP) is 7.51. The van der Waals surface area contributed by atoms with Crippen molar-refractivity contribution < 1.29 is 19.8 Å². The van der Waals surface area contributed by atoms with E-state index < -0.39 is 11.9 Å². The molecule has 3 aromatic heterocycles. The van der Waals surface area contributed by atoms with Crippen LogP contribution >= 0.6 is 0 Å². The second-order valence-electron chi connectivity index (χ2n) is 11.1. The van der Waals surface area contributed by atoms with Gasteiger partial charge in [-0.05, 0) is 98.2 Å². The molecular weight excluding hydrogens is 540 g/mol. The Kier molecular flexibility index (Phi) is 7.80. The quantitative estimate of drug-likeness (QED) is 0.255. The minimum absolute atomic E-state index is 0.0238. The first-order valence-corrected chi connectivity index (χ1v) is 14.3. The predicted molar refractivity (Wildman–Crippen MR) is 173 cm³/mol. The third-order valence-corrected chi connectivity index (χ3v) is 8.63. The highest BCUT2D eigenvalue weighted by Gasteiger charge is 2.21. The molecule has 0 aromatic carbocycles. The van der Waals surface area contributed by atoms with Gasteiger partial charge in [0.1, 0.15) is 0 Å². The number of aromatic amines is 1. The van der Waals surface area contributed by atoms with Crippen LogP contribution in [0.3, 0.4) is 0 Å². The number of aromatic nitrogens is 4. The average Bonchev–Trinajstić information content (AvgIpc) is 3.59. The number of rotatable bonds is 8. The van der Waals surface area contributed by atoms with Crippen molar-refractivity contribution in [2.75, 3.05) is 0 Å². The van der Waals surface area contributed by atoms with E-state index in [1.54, 1.807) is 0 Å². The second-order valence-corrected chi connectivity index (χ2v) is 11.1. The number of hydrogen-bond donors (Lipinski definition) is 3. The summed E-state index contributed by atoms with van der Waals surface area (Å²) in [6.07, 6.45) is 4.27. The monoisotopic (exact) mass is 576 g/mol. The molecule has 2 aliphatic rings. The molecule has 0 spiro atoms. The smallest absolute Gasteiger partial charge is 0.303 e. The van der Waals surface area contributed by atoms with E-state index in [0.717, 1.165) is 83.7 Å². The summed E-state index contributed by atoms with van der Waals surface area (Å²) in [5, 5.41) is 19.0. The molecule has 5 heterocycles. The maximum Gasteiger partial charge on any atom is 0.303 e. The Morgan fingerprint density at radius 1 is 0.791 bits per heavy atom. The molecular formula is C35H36N4O4. The zero-order valence-electron chi connectivity index (χ0n) is 25.3. The Morgan fingerprint density at radius 2 is 1.40 bits per heavy atom. The van der Waals surface area contributed by atoms with Crippen molar-refractivity contribution >= 4 is 62.4 Å². The van der Waals surface area contributed by atoms with Gasteiger partial charge in [0.05, 0.1) is 28.3 Å². The summed E-state index contributed by atoms with van der Waals surface area (Å²) in [6.45, 7) is 16.2. The van der Waals surface area contributed by atoms with Gasteiger partial charge in [-0.15, -0.1) is 0 Å². The van der Waals surface area contributed by atoms with Crippen LogP contribution in [0.1, 0.15) is 78.1 Å². The summed E-state index contributed by atoms with van der Waals surface area (Å²) in [5.41, 5.74) is 14.1. The summed E-state index contributed by atoms with van der Waals surface area (Å²) in [4.78, 5) is 36.7. The number of carboxylic acid groups (broad SMARTS) is 2. The minimum Gasteiger partial charge on any atom is -0.481 e. The van der Waals surface area contributed by atoms with Gasteiger partial charge in [0.25, 0.3) is 0 Å². The summed E-state index contributed by atoms with van der Waals surface area (Å²) >= 11 is 0. The van der Waals surface area contributed by atoms with Crippen LogP contribution in [0.15, 0.2) is 43.5 Å². The van der Waals surface area contributed by atoms with Crippen LogP contribution in [0, 0.1) is 13.8 Å². The van der Waals surface area contributed by atoms with E-state index in [4.69, 9.17) is 9.97 Å². The van der Waals surface area contributed by atoms with Crippen molar-refractivity contribution in [1.82, 2.24) is 19.5 Å². The van der Waals surface area contributed by atoms with Crippen LogP contribution in [-0.2, 0) is 23.1 Å². The van der Waals surface area contributed by atoms with Gasteiger partial charge in [0.2, 0.25) is 0 Å². The molecule has 3 N–H and O–H groups in total. The zero-order chi connectivity index (χ0) is 31.2. The first kappa shape index (κ1) is 29.5. The fourth-order valence-electron chi connectivity index (χ4n) is 6.11. The van der Waals surface area contributed by atoms with Crippen LogP contribution in [0.5, 0.6) is 0 Å². The van der Waals surface area contributed by atoms with Gasteiger partial charge in [-0.3, -0.25) is 9.59 Å². The third-order valence-electron chi connectivity index (χ3n) is 8.63. The Labute approximate surface area is 250 Å². The summed E-state index contributed by atoms with van der Waals surface area (Å²) in [6, 6.07) is 8.01. The van der Waals surface area contributed by atoms with Crippen molar-refractivity contribution in [2.45, 2.75) is 53.4 Å². The highest BCUT2D eigenvalue weighted by molar-refractivity contribution is 5.98. The highest BCUT2D eigenvalue weighted by atomic mass is 16.4. The number of allylic oxidation sites excluding steroid dienone is 5. The number of H-pyrrole nitrogens is 1. The number of hydrogen-bond acceptors (Lipinski definition) is 4. The van der Waals surface area contributed by atoms with Crippen LogP contribution in [0.4, 0.5) is 0 Å². The van der Waals surface area contributed by atoms with Gasteiger partial charge in [0, 0.05) is 47.6 Å². The van der Waals surface area contributed by atoms with Crippen LogP contribution in [0.2, 0.25) is 0 Å². The lowest BCUT2D eigenvalue weighted by atomic mass is 10.0. The molecule has 0 radical (unpaired) electrons. The lowest BCUT2D eigenvalue weighted by Gasteiger charge is -2.03. The topological polar surface area (TPSA) is 121 Å². The van der Waals surface area contributed by atoms with E-state index >= 15 is 0 Å². The second kappa shape index (κ2) is 11.4. The highest BCUT2D eigenvalue weighted by Crippen LogP contribution is 2.37. The molecule has 220 valence electrons. The van der Waals surface area contributed by atoms with E-state index in [1.165, 1.54) is 0 Å². The largest absolute Gasteiger partial charge is 0.481 e. The standard InChI is InChI=1S/C35H36N4O4/c1-8-22-18(3)26-14-27-19(4)24(10-12-34(40)41)29(36-27)15-30-25(11-13-35(42)43)20(5)28(38-30)16-33-23(9-2)21(6)32(39(33)7)17-31(22)37-26/h8-9,14-17,36H,1-2,10-13H2,3-7H3,(H,40,41)(H,42,43). The van der Waals surface area contributed by atoms with Gasteiger partial charge < -0.3 is 19.8 Å². The molecule has 0 saturated carbocycles. The fraction of sp³-hybridized carbons (Fsp3) is 0.257. The van der Waals surface area contributed by atoms with E-state index in [2.05, 4.69) is 35.7 Å². The average molecular weight is 577 g/mol. The van der Waals surface area contributed by atoms with Gasteiger partial charge >= 0.3 is 11.9 Å². The first-order chi connectivity index (χ1) is 20.4. The van der Waals surface area contributed by atoms with Gasteiger partial charge in [0.15, 0.2) is 0 Å². The molecule has 2 aliphatic heterocycles. The van der Waals surface area contributed by atoms with E-state index in [1.807, 2.05) is 58.2 Å². The number of aryl methyl sites for hydroxylation is 4.